The van der Waals surface area contributed by atoms with Gasteiger partial charge in [-0.05, 0) is 12.0 Å². The largest absolute Gasteiger partial charge is 0.461 e. The van der Waals surface area contributed by atoms with Crippen molar-refractivity contribution in [3.8, 4) is 0 Å². The first-order chi connectivity index (χ1) is 6.59. The molecule has 0 aliphatic carbocycles. The topological polar surface area (TPSA) is 72.1 Å². The second-order valence-corrected chi connectivity index (χ2v) is 3.30. The van der Waals surface area contributed by atoms with E-state index in [0.29, 0.717) is 6.61 Å². The highest BCUT2D eigenvalue weighted by molar-refractivity contribution is 5.86. The smallest absolute Gasteiger partial charge is 0.358 e. The van der Waals surface area contributed by atoms with Crippen molar-refractivity contribution in [2.45, 2.75) is 13.8 Å². The van der Waals surface area contributed by atoms with Gasteiger partial charge in [0.25, 0.3) is 5.56 Å². The van der Waals surface area contributed by atoms with Crippen molar-refractivity contribution in [2.75, 3.05) is 6.61 Å². The third kappa shape index (κ3) is 3.01. The number of nitrogens with one attached hydrogen (secondary N) is 1. The molecule has 0 atom stereocenters. The van der Waals surface area contributed by atoms with Gasteiger partial charge in [0.2, 0.25) is 0 Å². The van der Waals surface area contributed by atoms with Crippen molar-refractivity contribution >= 4 is 5.97 Å². The maximum absolute atomic E-state index is 11.3. The van der Waals surface area contributed by atoms with Crippen LogP contribution < -0.4 is 5.56 Å². The zero-order valence-electron chi connectivity index (χ0n) is 8.11. The lowest BCUT2D eigenvalue weighted by Crippen LogP contribution is -2.15. The highest BCUT2D eigenvalue weighted by Crippen LogP contribution is 1.97. The van der Waals surface area contributed by atoms with E-state index < -0.39 is 5.97 Å². The third-order valence-electron chi connectivity index (χ3n) is 1.44. The molecule has 1 heterocycles. The Kier molecular flexibility index (Phi) is 3.39. The number of hydrogen-bond donors (Lipinski definition) is 1. The number of carbonyl (C=O) groups excluding carboxylic acids is 1. The van der Waals surface area contributed by atoms with E-state index in [2.05, 4.69) is 10.2 Å². The monoisotopic (exact) mass is 196 g/mol. The normalized spacial score (nSPS) is 10.2. The van der Waals surface area contributed by atoms with Gasteiger partial charge in [-0.15, -0.1) is 0 Å². The molecule has 1 N–H and O–H groups in total. The predicted molar refractivity (Wildman–Crippen MR) is 50.0 cm³/mol. The van der Waals surface area contributed by atoms with Gasteiger partial charge in [-0.1, -0.05) is 13.8 Å². The molecule has 0 aromatic carbocycles. The van der Waals surface area contributed by atoms with Gasteiger partial charge in [0.1, 0.15) is 0 Å². The standard InChI is InChI=1S/C9H12N2O3/c1-6(2)5-14-9(13)7-3-4-8(12)11-10-7/h3-4,6H,5H2,1-2H3,(H,11,12). The molecule has 0 saturated heterocycles. The van der Waals surface area contributed by atoms with Crippen LogP contribution in [0.4, 0.5) is 0 Å². The lowest BCUT2D eigenvalue weighted by Gasteiger charge is -2.05. The number of aromatic nitrogens is 2. The lowest BCUT2D eigenvalue weighted by atomic mass is 10.2. The highest BCUT2D eigenvalue weighted by atomic mass is 16.5. The average molecular weight is 196 g/mol. The quantitative estimate of drug-likeness (QED) is 0.718. The molecule has 0 bridgehead atoms. The van der Waals surface area contributed by atoms with Crippen LogP contribution in [0, 0.1) is 5.92 Å². The van der Waals surface area contributed by atoms with E-state index in [1.165, 1.54) is 12.1 Å². The number of hydrogen-bond acceptors (Lipinski definition) is 4. The van der Waals surface area contributed by atoms with E-state index in [-0.39, 0.29) is 17.2 Å². The number of esters is 1. The van der Waals surface area contributed by atoms with Crippen LogP contribution >= 0.6 is 0 Å². The summed E-state index contributed by atoms with van der Waals surface area (Å²) in [4.78, 5) is 21.9. The van der Waals surface area contributed by atoms with Crippen molar-refractivity contribution in [1.82, 2.24) is 10.2 Å². The highest BCUT2D eigenvalue weighted by Gasteiger charge is 2.09. The van der Waals surface area contributed by atoms with Gasteiger partial charge < -0.3 is 4.74 Å². The van der Waals surface area contributed by atoms with Crippen molar-refractivity contribution in [3.63, 3.8) is 0 Å². The van der Waals surface area contributed by atoms with Crippen molar-refractivity contribution < 1.29 is 9.53 Å². The van der Waals surface area contributed by atoms with E-state index >= 15 is 0 Å². The van der Waals surface area contributed by atoms with E-state index in [1.807, 2.05) is 13.8 Å². The zero-order valence-corrected chi connectivity index (χ0v) is 8.11. The zero-order chi connectivity index (χ0) is 10.6. The van der Waals surface area contributed by atoms with Gasteiger partial charge in [0.05, 0.1) is 6.61 Å². The van der Waals surface area contributed by atoms with Crippen LogP contribution in [0.1, 0.15) is 24.3 Å². The summed E-state index contributed by atoms with van der Waals surface area (Å²) in [5, 5.41) is 5.71. The molecule has 0 radical (unpaired) electrons. The number of H-pyrrole nitrogens is 1. The van der Waals surface area contributed by atoms with Gasteiger partial charge in [0, 0.05) is 6.07 Å². The van der Waals surface area contributed by atoms with Gasteiger partial charge in [-0.3, -0.25) is 4.79 Å². The summed E-state index contributed by atoms with van der Waals surface area (Å²) in [5.41, 5.74) is -0.226. The molecule has 5 nitrogen and oxygen atoms in total. The Labute approximate surface area is 81.1 Å². The number of rotatable bonds is 3. The van der Waals surface area contributed by atoms with Crippen LogP contribution in [0.3, 0.4) is 0 Å². The Morgan fingerprint density at radius 2 is 2.29 bits per heavy atom. The summed E-state index contributed by atoms with van der Waals surface area (Å²) >= 11 is 0. The van der Waals surface area contributed by atoms with Crippen molar-refractivity contribution in [2.24, 2.45) is 5.92 Å². The fourth-order valence-corrected chi connectivity index (χ4v) is 0.774. The fraction of sp³-hybridized carbons (Fsp3) is 0.444. The molecule has 0 unspecified atom stereocenters. The van der Waals surface area contributed by atoms with Crippen molar-refractivity contribution in [3.05, 3.63) is 28.2 Å². The molecular formula is C9H12N2O3. The molecule has 5 heteroatoms. The molecule has 76 valence electrons. The number of nitrogens with zero attached hydrogens (tertiary/aromatic N) is 1. The van der Waals surface area contributed by atoms with Crippen LogP contribution in [0.15, 0.2) is 16.9 Å². The average Bonchev–Trinajstić information content (AvgIpc) is 2.15. The summed E-state index contributed by atoms with van der Waals surface area (Å²) in [5.74, 6) is -0.239. The minimum atomic E-state index is -0.519. The minimum Gasteiger partial charge on any atom is -0.461 e. The second kappa shape index (κ2) is 4.55. The maximum atomic E-state index is 11.3. The van der Waals surface area contributed by atoms with Crippen LogP contribution in [0.25, 0.3) is 0 Å². The van der Waals surface area contributed by atoms with Crippen LogP contribution in [0.2, 0.25) is 0 Å². The van der Waals surface area contributed by atoms with Gasteiger partial charge in [-0.2, -0.15) is 5.10 Å². The van der Waals surface area contributed by atoms with Crippen molar-refractivity contribution in [1.29, 1.82) is 0 Å². The van der Waals surface area contributed by atoms with Gasteiger partial charge >= 0.3 is 5.97 Å². The lowest BCUT2D eigenvalue weighted by molar-refractivity contribution is 0.0450. The first kappa shape index (κ1) is 10.4. The molecule has 0 aliphatic rings. The molecule has 0 aliphatic heterocycles. The SMILES string of the molecule is CC(C)COC(=O)c1ccc(=O)[nH]n1. The Hall–Kier alpha value is -1.65. The minimum absolute atomic E-state index is 0.116. The molecule has 1 aromatic heterocycles. The molecule has 0 fully saturated rings. The third-order valence-corrected chi connectivity index (χ3v) is 1.44. The Morgan fingerprint density at radius 1 is 1.57 bits per heavy atom. The first-order valence-electron chi connectivity index (χ1n) is 4.32. The van der Waals surface area contributed by atoms with E-state index in [0.717, 1.165) is 0 Å². The number of aromatic amines is 1. The Bertz CT molecular complexity index is 350. The van der Waals surface area contributed by atoms with Crippen LogP contribution in [0.5, 0.6) is 0 Å². The molecule has 1 rings (SSSR count). The molecule has 14 heavy (non-hydrogen) atoms. The molecule has 1 aromatic rings. The summed E-state index contributed by atoms with van der Waals surface area (Å²) < 4.78 is 4.91. The van der Waals surface area contributed by atoms with E-state index in [9.17, 15) is 9.59 Å². The van der Waals surface area contributed by atoms with Gasteiger partial charge in [-0.25, -0.2) is 9.89 Å². The predicted octanol–water partition coefficient (Wildman–Crippen LogP) is 0.583. The summed E-state index contributed by atoms with van der Waals surface area (Å²) in [6, 6.07) is 2.57. The summed E-state index contributed by atoms with van der Waals surface area (Å²) in [6.45, 7) is 4.22. The summed E-state index contributed by atoms with van der Waals surface area (Å²) in [6.07, 6.45) is 0. The molecule has 0 saturated carbocycles. The first-order valence-corrected chi connectivity index (χ1v) is 4.32. The number of ether oxygens (including phenoxy) is 1. The van der Waals surface area contributed by atoms with Gasteiger partial charge in [0.15, 0.2) is 5.69 Å². The number of carbonyl (C=O) groups is 1. The Morgan fingerprint density at radius 3 is 2.79 bits per heavy atom. The summed E-state index contributed by atoms with van der Waals surface area (Å²) in [7, 11) is 0. The van der Waals surface area contributed by atoms with Crippen LogP contribution in [-0.4, -0.2) is 22.8 Å². The van der Waals surface area contributed by atoms with E-state index in [4.69, 9.17) is 4.74 Å². The van der Waals surface area contributed by atoms with E-state index in [1.54, 1.807) is 0 Å². The van der Waals surface area contributed by atoms with Crippen LogP contribution in [-0.2, 0) is 4.74 Å². The maximum Gasteiger partial charge on any atom is 0.358 e. The second-order valence-electron chi connectivity index (χ2n) is 3.30. The molecule has 0 amide bonds. The fourth-order valence-electron chi connectivity index (χ4n) is 0.774. The Balaban J connectivity index is 2.61. The molecule has 0 spiro atoms. The molecular weight excluding hydrogens is 184 g/mol.